The molecule has 0 aliphatic rings. The number of rotatable bonds is 5. The Labute approximate surface area is 310 Å². The summed E-state index contributed by atoms with van der Waals surface area (Å²) >= 11 is 2.15. The summed E-state index contributed by atoms with van der Waals surface area (Å²) in [6.45, 7) is 0. The summed E-state index contributed by atoms with van der Waals surface area (Å²) in [6.07, 6.45) is 0. The van der Waals surface area contributed by atoms with Gasteiger partial charge in [-0.05, 0) is 18.2 Å². The van der Waals surface area contributed by atoms with Crippen molar-refractivity contribution >= 4 is 104 Å². The van der Waals surface area contributed by atoms with Gasteiger partial charge in [0, 0.05) is 5.69 Å². The number of hydrogen-bond donors (Lipinski definition) is 0. The smallest absolute Gasteiger partial charge is 0.0602 e. The average Bonchev–Trinajstić information content (AvgIpc) is 3.87. The number of hydrogen-bond acceptors (Lipinski definition) is 2. The molecule has 2 nitrogen and oxygen atoms in total. The molecule has 0 radical (unpaired) electrons. The molecule has 0 unspecified atom stereocenters. The number of nitrogens with zero attached hydrogens (tertiary/aromatic N) is 2. The van der Waals surface area contributed by atoms with E-state index in [1.165, 1.54) is 89.5 Å². The first-order valence-electron chi connectivity index (χ1n) is 17.6. The van der Waals surface area contributed by atoms with E-state index in [1.54, 1.807) is 0 Å². The van der Waals surface area contributed by atoms with Crippen molar-refractivity contribution in [3.8, 4) is 16.8 Å². The van der Waals surface area contributed by atoms with Crippen molar-refractivity contribution < 1.29 is 0 Å². The Morgan fingerprint density at radius 2 is 1.02 bits per heavy atom. The zero-order chi connectivity index (χ0) is 34.2. The maximum absolute atomic E-state index is 2.44. The van der Waals surface area contributed by atoms with Gasteiger partial charge in [-0.2, -0.15) is 0 Å². The van der Waals surface area contributed by atoms with Crippen molar-refractivity contribution in [2.75, 3.05) is 4.90 Å². The molecule has 3 heterocycles. The molecule has 0 saturated carbocycles. The van der Waals surface area contributed by atoms with E-state index in [9.17, 15) is 0 Å². The van der Waals surface area contributed by atoms with Crippen LogP contribution in [0.3, 0.4) is 0 Å². The van der Waals surface area contributed by atoms with Gasteiger partial charge in [-0.3, -0.25) is 0 Å². The third-order valence-electron chi connectivity index (χ3n) is 10.4. The Morgan fingerprint density at radius 1 is 0.385 bits per heavy atom. The van der Waals surface area contributed by atoms with Crippen molar-refractivity contribution in [3.63, 3.8) is 0 Å². The number of benzene rings is 8. The van der Waals surface area contributed by atoms with Gasteiger partial charge in [0.05, 0.1) is 5.52 Å². The monoisotopic (exact) mass is 746 g/mol. The van der Waals surface area contributed by atoms with Crippen LogP contribution in [0.5, 0.6) is 0 Å². The van der Waals surface area contributed by atoms with Crippen molar-refractivity contribution in [2.45, 2.75) is 0 Å². The fourth-order valence-corrected chi connectivity index (χ4v) is 11.4. The third-order valence-corrected chi connectivity index (χ3v) is 13.9. The second-order valence-electron chi connectivity index (χ2n) is 13.4. The predicted molar refractivity (Wildman–Crippen MR) is 226 cm³/mol. The Hall–Kier alpha value is -5.90. The molecular formula is C48H30N2SSe. The van der Waals surface area contributed by atoms with E-state index in [0.29, 0.717) is 0 Å². The summed E-state index contributed by atoms with van der Waals surface area (Å²) in [5.41, 5.74) is 9.54. The summed E-state index contributed by atoms with van der Waals surface area (Å²) in [5, 5.41) is 7.91. The molecule has 4 heteroatoms. The molecule has 0 saturated heterocycles. The normalized spacial score (nSPS) is 11.8. The summed E-state index contributed by atoms with van der Waals surface area (Å²) in [7, 11) is 0. The molecule has 0 spiro atoms. The zero-order valence-electron chi connectivity index (χ0n) is 28.0. The van der Waals surface area contributed by atoms with Gasteiger partial charge in [0.1, 0.15) is 0 Å². The number of thiophene rings is 1. The molecule has 52 heavy (non-hydrogen) atoms. The molecule has 3 aromatic heterocycles. The van der Waals surface area contributed by atoms with Gasteiger partial charge < -0.3 is 4.57 Å². The topological polar surface area (TPSA) is 8.17 Å². The van der Waals surface area contributed by atoms with Crippen LogP contribution in [-0.2, 0) is 0 Å². The Bertz CT molecular complexity index is 3130. The Kier molecular flexibility index (Phi) is 6.78. The number of para-hydroxylation sites is 2. The first-order chi connectivity index (χ1) is 25.8. The number of anilines is 3. The van der Waals surface area contributed by atoms with Gasteiger partial charge in [0.2, 0.25) is 0 Å². The van der Waals surface area contributed by atoms with Gasteiger partial charge in [0.15, 0.2) is 0 Å². The van der Waals surface area contributed by atoms with Crippen molar-refractivity contribution in [3.05, 3.63) is 182 Å². The van der Waals surface area contributed by atoms with E-state index in [2.05, 4.69) is 191 Å². The van der Waals surface area contributed by atoms with E-state index >= 15 is 0 Å². The summed E-state index contributed by atoms with van der Waals surface area (Å²) in [6, 6.07) is 67.1. The molecule has 0 amide bonds. The molecule has 11 aromatic rings. The van der Waals surface area contributed by atoms with Gasteiger partial charge >= 0.3 is 242 Å². The molecule has 0 fully saturated rings. The minimum atomic E-state index is 0.285. The SMILES string of the molecule is c1ccc(-n2c3ccccc3c3cc(-c4ccc(N(c5ccc6c(c5)[se]c5ccccc56)c5ccc6sc7ccccc7c6c5)cc4)ccc32)cc1. The van der Waals surface area contributed by atoms with Gasteiger partial charge in [-0.25, -0.2) is 0 Å². The molecule has 0 N–H and O–H groups in total. The molecule has 0 atom stereocenters. The van der Waals surface area contributed by atoms with E-state index < -0.39 is 0 Å². The minimum Gasteiger partial charge on any atom is -0.0602 e. The van der Waals surface area contributed by atoms with E-state index in [1.807, 2.05) is 11.3 Å². The molecular weight excluding hydrogens is 716 g/mol. The van der Waals surface area contributed by atoms with Crippen molar-refractivity contribution in [1.82, 2.24) is 4.57 Å². The van der Waals surface area contributed by atoms with Crippen LogP contribution in [0.25, 0.3) is 78.1 Å². The van der Waals surface area contributed by atoms with E-state index in [-0.39, 0.29) is 14.5 Å². The van der Waals surface area contributed by atoms with Gasteiger partial charge in [-0.15, -0.1) is 0 Å². The minimum absolute atomic E-state index is 0.285. The maximum atomic E-state index is 2.44. The second kappa shape index (κ2) is 11.8. The molecule has 11 rings (SSSR count). The summed E-state index contributed by atoms with van der Waals surface area (Å²) in [5.74, 6) is 0. The second-order valence-corrected chi connectivity index (χ2v) is 16.7. The van der Waals surface area contributed by atoms with Crippen molar-refractivity contribution in [2.24, 2.45) is 0 Å². The summed E-state index contributed by atoms with van der Waals surface area (Å²) < 4.78 is 7.93. The zero-order valence-corrected chi connectivity index (χ0v) is 30.6. The first-order valence-corrected chi connectivity index (χ1v) is 20.1. The fraction of sp³-hybridized carbons (Fsp3) is 0. The molecule has 0 aliphatic heterocycles. The average molecular weight is 746 g/mol. The van der Waals surface area contributed by atoms with Crippen LogP contribution in [0.1, 0.15) is 0 Å². The fourth-order valence-electron chi connectivity index (χ4n) is 7.96. The number of fused-ring (bicyclic) bond motifs is 9. The molecule has 0 aliphatic carbocycles. The van der Waals surface area contributed by atoms with Crippen LogP contribution >= 0.6 is 11.3 Å². The van der Waals surface area contributed by atoms with Crippen LogP contribution in [0.2, 0.25) is 0 Å². The van der Waals surface area contributed by atoms with Gasteiger partial charge in [-0.1, -0.05) is 36.4 Å². The van der Waals surface area contributed by atoms with Crippen LogP contribution in [-0.4, -0.2) is 19.1 Å². The Morgan fingerprint density at radius 3 is 1.90 bits per heavy atom. The molecule has 244 valence electrons. The summed E-state index contributed by atoms with van der Waals surface area (Å²) in [4.78, 5) is 2.44. The van der Waals surface area contributed by atoms with Gasteiger partial charge in [0.25, 0.3) is 0 Å². The van der Waals surface area contributed by atoms with Crippen LogP contribution < -0.4 is 4.90 Å². The Balaban J connectivity index is 1.05. The standard InChI is InChI=1S/C48H30N2SSe/c1-2-10-33(11-3-1)50-43-15-7-4-12-37(43)41-28-32(20-26-44(41)50)31-18-21-34(22-19-31)49(35-24-27-46-42(29-35)38-13-5-8-16-45(38)51-46)36-23-25-40-39-14-6-9-17-47(39)52-48(40)30-36/h1-30H. The van der Waals surface area contributed by atoms with Crippen molar-refractivity contribution in [1.29, 1.82) is 0 Å². The van der Waals surface area contributed by atoms with E-state index in [0.717, 1.165) is 5.69 Å². The third kappa shape index (κ3) is 4.69. The number of aromatic nitrogens is 1. The molecule has 0 bridgehead atoms. The first kappa shape index (κ1) is 29.8. The quantitative estimate of drug-likeness (QED) is 0.159. The van der Waals surface area contributed by atoms with Crippen LogP contribution in [0, 0.1) is 0 Å². The van der Waals surface area contributed by atoms with E-state index in [4.69, 9.17) is 0 Å². The van der Waals surface area contributed by atoms with Crippen LogP contribution in [0.4, 0.5) is 17.1 Å². The molecule has 8 aromatic carbocycles. The predicted octanol–water partition coefficient (Wildman–Crippen LogP) is 13.7. The van der Waals surface area contributed by atoms with Crippen LogP contribution in [0.15, 0.2) is 182 Å².